The molecule has 1 atom stereocenters. The average molecular weight is 222 g/mol. The van der Waals surface area contributed by atoms with Gasteiger partial charge in [0, 0.05) is 25.3 Å². The molecule has 88 valence electrons. The number of carbonyl (C=O) groups excluding carboxylic acids is 1. The summed E-state index contributed by atoms with van der Waals surface area (Å²) in [5, 5.41) is 10.4. The molecule has 1 N–H and O–H groups in total. The van der Waals surface area contributed by atoms with E-state index in [-0.39, 0.29) is 6.54 Å². The van der Waals surface area contributed by atoms with Crippen molar-refractivity contribution in [3.8, 4) is 0 Å². The van der Waals surface area contributed by atoms with Gasteiger partial charge in [-0.15, -0.1) is 0 Å². The summed E-state index contributed by atoms with van der Waals surface area (Å²) < 4.78 is 0. The predicted octanol–water partition coefficient (Wildman–Crippen LogP) is -1.48. The summed E-state index contributed by atoms with van der Waals surface area (Å²) in [6.45, 7) is 0.733. The van der Waals surface area contributed by atoms with E-state index < -0.39 is 5.97 Å². The molecule has 1 aromatic rings. The maximum Gasteiger partial charge on any atom is 0.117 e. The Kier molecular flexibility index (Phi) is 4.31. The molecule has 16 heavy (non-hydrogen) atoms. The molecule has 0 aromatic heterocycles. The second-order valence-corrected chi connectivity index (χ2v) is 4.24. The molecule has 0 saturated heterocycles. The highest BCUT2D eigenvalue weighted by atomic mass is 16.4. The molecule has 4 heteroatoms. The highest BCUT2D eigenvalue weighted by molar-refractivity contribution is 5.65. The molecule has 0 spiro atoms. The van der Waals surface area contributed by atoms with Gasteiger partial charge in [0.15, 0.2) is 0 Å². The number of nitrogens with zero attached hydrogens (tertiary/aromatic N) is 1. The van der Waals surface area contributed by atoms with Crippen LogP contribution in [0.4, 0.5) is 5.69 Å². The molecule has 0 aliphatic carbocycles. The fraction of sp³-hybridized carbons (Fsp3) is 0.417. The normalized spacial score (nSPS) is 12.2. The van der Waals surface area contributed by atoms with Crippen LogP contribution in [-0.2, 0) is 11.3 Å². The van der Waals surface area contributed by atoms with Gasteiger partial charge in [-0.2, -0.15) is 0 Å². The Morgan fingerprint density at radius 1 is 1.31 bits per heavy atom. The lowest BCUT2D eigenvalue weighted by atomic mass is 10.2. The van der Waals surface area contributed by atoms with Crippen molar-refractivity contribution in [2.24, 2.45) is 0 Å². The molecule has 0 aliphatic heterocycles. The fourth-order valence-electron chi connectivity index (χ4n) is 1.57. The number of hydrogen-bond acceptors (Lipinski definition) is 3. The first kappa shape index (κ1) is 12.5. The van der Waals surface area contributed by atoms with Crippen molar-refractivity contribution in [1.82, 2.24) is 0 Å². The lowest BCUT2D eigenvalue weighted by Gasteiger charge is -2.16. The van der Waals surface area contributed by atoms with Crippen molar-refractivity contribution in [3.05, 3.63) is 29.8 Å². The molecular formula is C12H18N2O2. The third-order valence-electron chi connectivity index (χ3n) is 2.40. The van der Waals surface area contributed by atoms with Gasteiger partial charge in [-0.1, -0.05) is 12.1 Å². The van der Waals surface area contributed by atoms with Crippen LogP contribution in [0, 0.1) is 0 Å². The summed E-state index contributed by atoms with van der Waals surface area (Å²) in [4.78, 5) is 13.3. The number of anilines is 1. The van der Waals surface area contributed by atoms with Crippen LogP contribution in [0.5, 0.6) is 0 Å². The highest BCUT2D eigenvalue weighted by Crippen LogP contribution is 2.11. The van der Waals surface area contributed by atoms with Gasteiger partial charge in [0.05, 0.1) is 13.0 Å². The Balaban J connectivity index is 2.58. The zero-order valence-electron chi connectivity index (χ0n) is 9.99. The standard InChI is InChI=1S/C12H18N2O2/c1-13(2)11-6-4-10(5-7-11)8-14(3)9-12(15)16/h4-7H,8-9H2,1-3H3,(H,15,16). The van der Waals surface area contributed by atoms with E-state index in [0.717, 1.165) is 16.2 Å². The Bertz CT molecular complexity index is 347. The molecule has 0 aliphatic rings. The van der Waals surface area contributed by atoms with Crippen molar-refractivity contribution < 1.29 is 14.8 Å². The monoisotopic (exact) mass is 222 g/mol. The molecule has 1 aromatic carbocycles. The Labute approximate surface area is 96.1 Å². The minimum atomic E-state index is -1.01. The van der Waals surface area contributed by atoms with Gasteiger partial charge < -0.3 is 19.7 Å². The minimum Gasteiger partial charge on any atom is -0.544 e. The van der Waals surface area contributed by atoms with Crippen LogP contribution in [0.15, 0.2) is 24.3 Å². The molecule has 0 saturated carbocycles. The smallest absolute Gasteiger partial charge is 0.117 e. The SMILES string of the molecule is CN(C)c1ccc(C[NH+](C)CC(=O)[O-])cc1. The first-order valence-corrected chi connectivity index (χ1v) is 5.26. The lowest BCUT2D eigenvalue weighted by molar-refractivity contribution is -0.887. The predicted molar refractivity (Wildman–Crippen MR) is 61.2 cm³/mol. The first-order chi connectivity index (χ1) is 7.49. The topological polar surface area (TPSA) is 47.8 Å². The maximum atomic E-state index is 10.4. The van der Waals surface area contributed by atoms with E-state index in [1.54, 1.807) is 0 Å². The van der Waals surface area contributed by atoms with Crippen molar-refractivity contribution in [1.29, 1.82) is 0 Å². The van der Waals surface area contributed by atoms with Crippen molar-refractivity contribution >= 4 is 11.7 Å². The number of benzene rings is 1. The number of aliphatic carboxylic acids is 1. The number of carboxylic acid groups (broad SMARTS) is 1. The van der Waals surface area contributed by atoms with Crippen molar-refractivity contribution in [3.63, 3.8) is 0 Å². The average Bonchev–Trinajstić information content (AvgIpc) is 2.16. The van der Waals surface area contributed by atoms with E-state index in [9.17, 15) is 9.90 Å². The molecule has 0 radical (unpaired) electrons. The van der Waals surface area contributed by atoms with E-state index in [2.05, 4.69) is 0 Å². The number of carboxylic acids is 1. The van der Waals surface area contributed by atoms with E-state index in [1.165, 1.54) is 0 Å². The maximum absolute atomic E-state index is 10.4. The van der Waals surface area contributed by atoms with Crippen LogP contribution in [0.3, 0.4) is 0 Å². The largest absolute Gasteiger partial charge is 0.544 e. The van der Waals surface area contributed by atoms with Crippen LogP contribution >= 0.6 is 0 Å². The summed E-state index contributed by atoms with van der Waals surface area (Å²) >= 11 is 0. The summed E-state index contributed by atoms with van der Waals surface area (Å²) in [6.07, 6.45) is 0. The third kappa shape index (κ3) is 3.90. The number of quaternary nitrogens is 1. The van der Waals surface area contributed by atoms with Gasteiger partial charge in [0.1, 0.15) is 13.1 Å². The number of rotatable bonds is 5. The van der Waals surface area contributed by atoms with E-state index in [0.29, 0.717) is 6.54 Å². The molecule has 1 rings (SSSR count). The summed E-state index contributed by atoms with van der Waals surface area (Å²) in [6, 6.07) is 8.10. The van der Waals surface area contributed by atoms with Crippen LogP contribution in [0.1, 0.15) is 5.56 Å². The quantitative estimate of drug-likeness (QED) is 0.661. The summed E-state index contributed by atoms with van der Waals surface area (Å²) in [7, 11) is 5.82. The van der Waals surface area contributed by atoms with Gasteiger partial charge >= 0.3 is 0 Å². The second-order valence-electron chi connectivity index (χ2n) is 4.24. The highest BCUT2D eigenvalue weighted by Gasteiger charge is 2.04. The van der Waals surface area contributed by atoms with E-state index in [1.807, 2.05) is 50.3 Å². The van der Waals surface area contributed by atoms with Gasteiger partial charge in [0.25, 0.3) is 0 Å². The zero-order chi connectivity index (χ0) is 12.1. The molecule has 0 amide bonds. The zero-order valence-corrected chi connectivity index (χ0v) is 9.99. The molecule has 0 fully saturated rings. The molecule has 1 unspecified atom stereocenters. The summed E-state index contributed by atoms with van der Waals surface area (Å²) in [5.41, 5.74) is 2.27. The van der Waals surface area contributed by atoms with Gasteiger partial charge in [0.2, 0.25) is 0 Å². The van der Waals surface area contributed by atoms with Crippen LogP contribution in [-0.4, -0.2) is 33.7 Å². The molecule has 0 heterocycles. The molecule has 0 bridgehead atoms. The van der Waals surface area contributed by atoms with Gasteiger partial charge in [-0.3, -0.25) is 0 Å². The number of likely N-dealkylation sites (N-methyl/N-ethyl adjacent to an activating group) is 1. The second kappa shape index (κ2) is 5.51. The number of nitrogens with one attached hydrogen (secondary N) is 1. The van der Waals surface area contributed by atoms with E-state index >= 15 is 0 Å². The van der Waals surface area contributed by atoms with Gasteiger partial charge in [-0.05, 0) is 12.1 Å². The van der Waals surface area contributed by atoms with Crippen LogP contribution in [0.25, 0.3) is 0 Å². The number of hydrogen-bond donors (Lipinski definition) is 1. The minimum absolute atomic E-state index is 0.0371. The van der Waals surface area contributed by atoms with E-state index in [4.69, 9.17) is 0 Å². The Hall–Kier alpha value is -1.55. The van der Waals surface area contributed by atoms with Crippen molar-refractivity contribution in [2.45, 2.75) is 6.54 Å². The first-order valence-electron chi connectivity index (χ1n) is 5.26. The van der Waals surface area contributed by atoms with Crippen molar-refractivity contribution in [2.75, 3.05) is 32.6 Å². The lowest BCUT2D eigenvalue weighted by Crippen LogP contribution is -3.09. The number of carbonyl (C=O) groups is 1. The summed E-state index contributed by atoms with van der Waals surface area (Å²) in [5.74, 6) is -1.01. The third-order valence-corrected chi connectivity index (χ3v) is 2.40. The van der Waals surface area contributed by atoms with Crippen LogP contribution < -0.4 is 14.9 Å². The van der Waals surface area contributed by atoms with Gasteiger partial charge in [-0.25, -0.2) is 0 Å². The molecular weight excluding hydrogens is 204 g/mol. The Morgan fingerprint density at radius 2 is 1.88 bits per heavy atom. The van der Waals surface area contributed by atoms with Crippen LogP contribution in [0.2, 0.25) is 0 Å². The fourth-order valence-corrected chi connectivity index (χ4v) is 1.57. The Morgan fingerprint density at radius 3 is 2.31 bits per heavy atom. The molecule has 4 nitrogen and oxygen atoms in total.